The normalized spacial score (nSPS) is 9.96. The lowest BCUT2D eigenvalue weighted by Gasteiger charge is -2.14. The Morgan fingerprint density at radius 1 is 0.929 bits per heavy atom. The van der Waals surface area contributed by atoms with Gasteiger partial charge in [-0.2, -0.15) is 0 Å². The average molecular weight is 467 g/mol. The van der Waals surface area contributed by atoms with E-state index in [9.17, 15) is 0 Å². The molecule has 0 saturated carbocycles. The van der Waals surface area contributed by atoms with Crippen LogP contribution in [0, 0.1) is 0 Å². The van der Waals surface area contributed by atoms with Gasteiger partial charge in [-0.1, -0.05) is 24.4 Å². The Labute approximate surface area is 189 Å². The molecule has 28 heavy (non-hydrogen) atoms. The maximum absolute atomic E-state index is 6.15. The fourth-order valence-corrected chi connectivity index (χ4v) is 3.22. The molecule has 156 valence electrons. The Hall–Kier alpha value is -1.17. The molecular formula is C20H27Cl4N3O. The topological polar surface area (TPSA) is 60.2 Å². The zero-order valence-electron chi connectivity index (χ0n) is 15.7. The van der Waals surface area contributed by atoms with Crippen LogP contribution in [0.25, 0.3) is 21.8 Å². The second-order valence-corrected chi connectivity index (χ2v) is 6.60. The zero-order chi connectivity index (χ0) is 17.6. The van der Waals surface area contributed by atoms with Crippen molar-refractivity contribution >= 4 is 76.3 Å². The molecule has 3 rings (SSSR count). The standard InChI is InChI=1S/C20H24ClN3O.3ClH/c1-25-15-7-9-18-17(13-15)20(23-11-5-3-2-4-10-22)16-8-6-14(21)12-19(16)24-18;;;/h6-9,12-13H,2-5,10-11,22H2,1H3,(H,23,24);3*1H. The average Bonchev–Trinajstić information content (AvgIpc) is 2.63. The van der Waals surface area contributed by atoms with E-state index in [4.69, 9.17) is 27.1 Å². The molecule has 0 aliphatic carbocycles. The first kappa shape index (κ1) is 26.8. The number of hydrogen-bond acceptors (Lipinski definition) is 4. The summed E-state index contributed by atoms with van der Waals surface area (Å²) in [5.41, 5.74) is 8.48. The van der Waals surface area contributed by atoms with E-state index in [2.05, 4.69) is 5.32 Å². The summed E-state index contributed by atoms with van der Waals surface area (Å²) in [4.78, 5) is 4.75. The Morgan fingerprint density at radius 3 is 2.39 bits per heavy atom. The van der Waals surface area contributed by atoms with Crippen molar-refractivity contribution in [3.63, 3.8) is 0 Å². The van der Waals surface area contributed by atoms with Gasteiger partial charge >= 0.3 is 0 Å². The Balaban J connectivity index is 0.00000243. The summed E-state index contributed by atoms with van der Waals surface area (Å²) in [7, 11) is 1.68. The van der Waals surface area contributed by atoms with Crippen molar-refractivity contribution in [2.45, 2.75) is 25.7 Å². The van der Waals surface area contributed by atoms with Crippen LogP contribution in [0.4, 0.5) is 5.69 Å². The van der Waals surface area contributed by atoms with Gasteiger partial charge < -0.3 is 15.8 Å². The van der Waals surface area contributed by atoms with E-state index in [0.29, 0.717) is 5.02 Å². The van der Waals surface area contributed by atoms with Gasteiger partial charge in [0.05, 0.1) is 23.8 Å². The van der Waals surface area contributed by atoms with E-state index >= 15 is 0 Å². The zero-order valence-corrected chi connectivity index (χ0v) is 18.9. The molecule has 0 radical (unpaired) electrons. The quantitative estimate of drug-likeness (QED) is 0.304. The third-order valence-electron chi connectivity index (χ3n) is 4.38. The molecule has 2 aromatic carbocycles. The molecule has 0 atom stereocenters. The van der Waals surface area contributed by atoms with E-state index in [-0.39, 0.29) is 37.2 Å². The Kier molecular flexibility index (Phi) is 12.6. The summed E-state index contributed by atoms with van der Waals surface area (Å²) >= 11 is 6.15. The van der Waals surface area contributed by atoms with Gasteiger partial charge in [0.2, 0.25) is 0 Å². The van der Waals surface area contributed by atoms with Crippen molar-refractivity contribution < 1.29 is 4.74 Å². The summed E-state index contributed by atoms with van der Waals surface area (Å²) in [6.07, 6.45) is 4.57. The molecule has 1 heterocycles. The van der Waals surface area contributed by atoms with Crippen LogP contribution in [0.15, 0.2) is 36.4 Å². The van der Waals surface area contributed by atoms with Gasteiger partial charge in [-0.05, 0) is 55.8 Å². The maximum atomic E-state index is 6.15. The van der Waals surface area contributed by atoms with Crippen LogP contribution in [-0.2, 0) is 0 Å². The number of aromatic nitrogens is 1. The maximum Gasteiger partial charge on any atom is 0.119 e. The minimum absolute atomic E-state index is 0. The largest absolute Gasteiger partial charge is 0.497 e. The lowest BCUT2D eigenvalue weighted by Crippen LogP contribution is -2.04. The van der Waals surface area contributed by atoms with Crippen LogP contribution < -0.4 is 15.8 Å². The van der Waals surface area contributed by atoms with Crippen LogP contribution >= 0.6 is 48.8 Å². The fraction of sp³-hybridized carbons (Fsp3) is 0.350. The number of nitrogens with zero attached hydrogens (tertiary/aromatic N) is 1. The number of rotatable bonds is 8. The molecule has 0 aliphatic rings. The summed E-state index contributed by atoms with van der Waals surface area (Å²) < 4.78 is 5.39. The van der Waals surface area contributed by atoms with Crippen molar-refractivity contribution in [3.8, 4) is 5.75 Å². The Morgan fingerprint density at radius 2 is 1.68 bits per heavy atom. The number of methoxy groups -OCH3 is 1. The molecule has 0 spiro atoms. The minimum atomic E-state index is 0. The highest BCUT2D eigenvalue weighted by atomic mass is 35.5. The molecule has 0 amide bonds. The first-order valence-electron chi connectivity index (χ1n) is 8.74. The summed E-state index contributed by atoms with van der Waals surface area (Å²) in [5, 5.41) is 6.45. The number of pyridine rings is 1. The van der Waals surface area contributed by atoms with E-state index in [0.717, 1.165) is 59.2 Å². The molecule has 1 aromatic heterocycles. The van der Waals surface area contributed by atoms with Crippen molar-refractivity contribution in [2.24, 2.45) is 5.73 Å². The smallest absolute Gasteiger partial charge is 0.119 e. The highest BCUT2D eigenvalue weighted by Gasteiger charge is 2.10. The highest BCUT2D eigenvalue weighted by Crippen LogP contribution is 2.34. The molecule has 4 nitrogen and oxygen atoms in total. The first-order valence-corrected chi connectivity index (χ1v) is 9.11. The van der Waals surface area contributed by atoms with Crippen LogP contribution in [0.1, 0.15) is 25.7 Å². The fourth-order valence-electron chi connectivity index (χ4n) is 3.05. The molecule has 0 bridgehead atoms. The van der Waals surface area contributed by atoms with Crippen LogP contribution in [0.2, 0.25) is 5.02 Å². The van der Waals surface area contributed by atoms with E-state index in [1.54, 1.807) is 7.11 Å². The molecule has 3 N–H and O–H groups in total. The van der Waals surface area contributed by atoms with Gasteiger partial charge in [-0.25, -0.2) is 4.98 Å². The van der Waals surface area contributed by atoms with Gasteiger partial charge in [0.1, 0.15) is 5.75 Å². The van der Waals surface area contributed by atoms with Crippen molar-refractivity contribution in [2.75, 3.05) is 25.5 Å². The third-order valence-corrected chi connectivity index (χ3v) is 4.61. The number of anilines is 1. The van der Waals surface area contributed by atoms with Crippen molar-refractivity contribution in [1.82, 2.24) is 4.98 Å². The van der Waals surface area contributed by atoms with Crippen molar-refractivity contribution in [1.29, 1.82) is 0 Å². The first-order chi connectivity index (χ1) is 12.2. The third kappa shape index (κ3) is 6.43. The molecule has 3 aromatic rings. The van der Waals surface area contributed by atoms with Gasteiger partial charge in [0.15, 0.2) is 0 Å². The van der Waals surface area contributed by atoms with Crippen molar-refractivity contribution in [3.05, 3.63) is 41.4 Å². The number of unbranched alkanes of at least 4 members (excludes halogenated alkanes) is 3. The van der Waals surface area contributed by atoms with E-state index < -0.39 is 0 Å². The molecule has 0 fully saturated rings. The highest BCUT2D eigenvalue weighted by molar-refractivity contribution is 6.31. The molecule has 0 aliphatic heterocycles. The number of nitrogens with one attached hydrogen (secondary N) is 1. The van der Waals surface area contributed by atoms with Crippen LogP contribution in [0.5, 0.6) is 5.75 Å². The van der Waals surface area contributed by atoms with Gasteiger partial charge in [0, 0.05) is 22.3 Å². The summed E-state index contributed by atoms with van der Waals surface area (Å²) in [5.74, 6) is 0.827. The van der Waals surface area contributed by atoms with Crippen LogP contribution in [0.3, 0.4) is 0 Å². The minimum Gasteiger partial charge on any atom is -0.497 e. The predicted octanol–water partition coefficient (Wildman–Crippen LogP) is 6.25. The monoisotopic (exact) mass is 465 g/mol. The second kappa shape index (κ2) is 13.1. The Bertz CT molecular complexity index is 877. The predicted molar refractivity (Wildman–Crippen MR) is 129 cm³/mol. The molecule has 0 saturated heterocycles. The van der Waals surface area contributed by atoms with E-state index in [1.807, 2.05) is 36.4 Å². The number of nitrogens with two attached hydrogens (primary N) is 1. The number of fused-ring (bicyclic) bond motifs is 2. The second-order valence-electron chi connectivity index (χ2n) is 6.16. The lowest BCUT2D eigenvalue weighted by molar-refractivity contribution is 0.415. The SMILES string of the molecule is COc1ccc2nc3cc(Cl)ccc3c(NCCCCCCN)c2c1.Cl.Cl.Cl. The molecule has 8 heteroatoms. The van der Waals surface area contributed by atoms with Gasteiger partial charge in [0.25, 0.3) is 0 Å². The molecular weight excluding hydrogens is 440 g/mol. The van der Waals surface area contributed by atoms with Gasteiger partial charge in [-0.3, -0.25) is 0 Å². The van der Waals surface area contributed by atoms with Gasteiger partial charge in [-0.15, -0.1) is 37.2 Å². The lowest BCUT2D eigenvalue weighted by atomic mass is 10.1. The van der Waals surface area contributed by atoms with E-state index in [1.165, 1.54) is 12.8 Å². The van der Waals surface area contributed by atoms with Crippen LogP contribution in [-0.4, -0.2) is 25.2 Å². The summed E-state index contributed by atoms with van der Waals surface area (Å²) in [6, 6.07) is 11.8. The number of hydrogen-bond donors (Lipinski definition) is 2. The number of benzene rings is 2. The molecule has 0 unspecified atom stereocenters. The number of ether oxygens (including phenoxy) is 1. The number of halogens is 4. The summed E-state index contributed by atoms with van der Waals surface area (Å²) in [6.45, 7) is 1.69.